The quantitative estimate of drug-likeness (QED) is 0.874. The van der Waals surface area contributed by atoms with E-state index in [1.54, 1.807) is 0 Å². The predicted molar refractivity (Wildman–Crippen MR) is 88.4 cm³/mol. The van der Waals surface area contributed by atoms with Crippen LogP contribution in [0.2, 0.25) is 0 Å². The molecule has 1 aliphatic heterocycles. The van der Waals surface area contributed by atoms with Crippen LogP contribution in [0.25, 0.3) is 0 Å². The van der Waals surface area contributed by atoms with Crippen molar-refractivity contribution in [2.45, 2.75) is 78.0 Å². The summed E-state index contributed by atoms with van der Waals surface area (Å²) in [5.74, 6) is 0. The topological polar surface area (TPSA) is 33.1 Å². The molecule has 0 bridgehead atoms. The molecule has 21 heavy (non-hydrogen) atoms. The first-order valence-electron chi connectivity index (χ1n) is 8.69. The second kappa shape index (κ2) is 7.95. The van der Waals surface area contributed by atoms with Crippen molar-refractivity contribution in [1.29, 1.82) is 0 Å². The van der Waals surface area contributed by atoms with Gasteiger partial charge < -0.3 is 5.32 Å². The third kappa shape index (κ3) is 4.30. The maximum absolute atomic E-state index is 4.82. The van der Waals surface area contributed by atoms with E-state index in [0.29, 0.717) is 18.1 Å². The van der Waals surface area contributed by atoms with E-state index in [4.69, 9.17) is 5.10 Å². The Labute approximate surface area is 129 Å². The predicted octanol–water partition coefficient (Wildman–Crippen LogP) is 3.21. The number of nitrogens with one attached hydrogen (secondary N) is 1. The minimum atomic E-state index is 0.547. The minimum absolute atomic E-state index is 0.547. The molecule has 1 N–H and O–H groups in total. The van der Waals surface area contributed by atoms with Crippen molar-refractivity contribution in [2.24, 2.45) is 0 Å². The summed E-state index contributed by atoms with van der Waals surface area (Å²) in [4.78, 5) is 2.59. The molecule has 4 nitrogen and oxygen atoms in total. The number of hydrogen-bond acceptors (Lipinski definition) is 3. The van der Waals surface area contributed by atoms with E-state index in [2.05, 4.69) is 54.9 Å². The first kappa shape index (κ1) is 16.5. The summed E-state index contributed by atoms with van der Waals surface area (Å²) in [6.07, 6.45) is 6.89. The van der Waals surface area contributed by atoms with Crippen LogP contribution in [0.1, 0.15) is 65.1 Å². The summed E-state index contributed by atoms with van der Waals surface area (Å²) in [7, 11) is 0. The minimum Gasteiger partial charge on any atom is -0.313 e. The second-order valence-corrected chi connectivity index (χ2v) is 6.38. The molecule has 4 heteroatoms. The van der Waals surface area contributed by atoms with Gasteiger partial charge in [0.2, 0.25) is 0 Å². The summed E-state index contributed by atoms with van der Waals surface area (Å²) >= 11 is 0. The first-order valence-corrected chi connectivity index (χ1v) is 8.69. The van der Waals surface area contributed by atoms with E-state index in [0.717, 1.165) is 32.5 Å². The van der Waals surface area contributed by atoms with Gasteiger partial charge in [0.05, 0.1) is 11.7 Å². The Morgan fingerprint density at radius 3 is 2.76 bits per heavy atom. The molecular weight excluding hydrogens is 260 g/mol. The number of hydrogen-bond donors (Lipinski definition) is 1. The highest BCUT2D eigenvalue weighted by molar-refractivity contribution is 5.01. The molecule has 0 spiro atoms. The fourth-order valence-corrected chi connectivity index (χ4v) is 3.24. The maximum atomic E-state index is 4.82. The van der Waals surface area contributed by atoms with Crippen molar-refractivity contribution < 1.29 is 0 Å². The molecule has 2 unspecified atom stereocenters. The van der Waals surface area contributed by atoms with Crippen molar-refractivity contribution in [2.75, 3.05) is 13.1 Å². The molecule has 2 heterocycles. The molecule has 120 valence electrons. The van der Waals surface area contributed by atoms with E-state index in [9.17, 15) is 0 Å². The zero-order valence-corrected chi connectivity index (χ0v) is 14.2. The SMILES string of the molecule is CCC1CN(Cc2ccn(C(CC)CC)n2)C(C)CCN1. The van der Waals surface area contributed by atoms with Crippen LogP contribution in [0.5, 0.6) is 0 Å². The van der Waals surface area contributed by atoms with Crippen molar-refractivity contribution in [3.8, 4) is 0 Å². The molecule has 0 aliphatic carbocycles. The van der Waals surface area contributed by atoms with Gasteiger partial charge in [0.1, 0.15) is 0 Å². The molecule has 1 fully saturated rings. The van der Waals surface area contributed by atoms with Crippen molar-refractivity contribution in [1.82, 2.24) is 20.0 Å². The summed E-state index contributed by atoms with van der Waals surface area (Å²) in [6.45, 7) is 12.3. The van der Waals surface area contributed by atoms with Gasteiger partial charge in [-0.15, -0.1) is 0 Å². The van der Waals surface area contributed by atoms with Crippen LogP contribution in [0, 0.1) is 0 Å². The largest absolute Gasteiger partial charge is 0.313 e. The van der Waals surface area contributed by atoms with Crippen LogP contribution < -0.4 is 5.32 Å². The fraction of sp³-hybridized carbons (Fsp3) is 0.824. The van der Waals surface area contributed by atoms with Crippen molar-refractivity contribution in [3.05, 3.63) is 18.0 Å². The third-order valence-electron chi connectivity index (χ3n) is 4.91. The van der Waals surface area contributed by atoms with Crippen molar-refractivity contribution >= 4 is 0 Å². The van der Waals surface area contributed by atoms with E-state index < -0.39 is 0 Å². The van der Waals surface area contributed by atoms with Gasteiger partial charge in [0.25, 0.3) is 0 Å². The Morgan fingerprint density at radius 2 is 2.10 bits per heavy atom. The number of aromatic nitrogens is 2. The summed E-state index contributed by atoms with van der Waals surface area (Å²) in [5, 5.41) is 8.47. The molecule has 2 rings (SSSR count). The zero-order valence-electron chi connectivity index (χ0n) is 14.2. The number of nitrogens with zero attached hydrogens (tertiary/aromatic N) is 3. The maximum Gasteiger partial charge on any atom is 0.0765 e. The Morgan fingerprint density at radius 1 is 1.33 bits per heavy atom. The molecule has 1 aromatic heterocycles. The van der Waals surface area contributed by atoms with Crippen LogP contribution in [-0.2, 0) is 6.54 Å². The van der Waals surface area contributed by atoms with Gasteiger partial charge in [-0.2, -0.15) is 5.10 Å². The third-order valence-corrected chi connectivity index (χ3v) is 4.91. The Bertz CT molecular complexity index is 411. The van der Waals surface area contributed by atoms with E-state index in [-0.39, 0.29) is 0 Å². The van der Waals surface area contributed by atoms with Gasteiger partial charge in [-0.3, -0.25) is 9.58 Å². The molecule has 0 radical (unpaired) electrons. The van der Waals surface area contributed by atoms with Crippen LogP contribution in [0.15, 0.2) is 12.3 Å². The highest BCUT2D eigenvalue weighted by atomic mass is 15.3. The van der Waals surface area contributed by atoms with Crippen molar-refractivity contribution in [3.63, 3.8) is 0 Å². The van der Waals surface area contributed by atoms with E-state index in [1.807, 2.05) is 0 Å². The molecule has 1 saturated heterocycles. The van der Waals surface area contributed by atoms with Crippen LogP contribution >= 0.6 is 0 Å². The van der Waals surface area contributed by atoms with Crippen LogP contribution in [-0.4, -0.2) is 39.9 Å². The highest BCUT2D eigenvalue weighted by Crippen LogP contribution is 2.17. The molecular formula is C17H32N4. The summed E-state index contributed by atoms with van der Waals surface area (Å²) in [6, 6.07) is 4.00. The lowest BCUT2D eigenvalue weighted by atomic mass is 10.2. The van der Waals surface area contributed by atoms with Gasteiger partial charge >= 0.3 is 0 Å². The lowest BCUT2D eigenvalue weighted by Crippen LogP contribution is -2.39. The molecule has 1 aromatic rings. The van der Waals surface area contributed by atoms with Crippen LogP contribution in [0.3, 0.4) is 0 Å². The van der Waals surface area contributed by atoms with Gasteiger partial charge in [-0.1, -0.05) is 20.8 Å². The molecule has 0 aromatic carbocycles. The Balaban J connectivity index is 2.02. The summed E-state index contributed by atoms with van der Waals surface area (Å²) in [5.41, 5.74) is 1.21. The smallest absolute Gasteiger partial charge is 0.0765 e. The van der Waals surface area contributed by atoms with Gasteiger partial charge in [-0.25, -0.2) is 0 Å². The molecule has 1 aliphatic rings. The number of rotatable bonds is 6. The van der Waals surface area contributed by atoms with E-state index in [1.165, 1.54) is 18.5 Å². The van der Waals surface area contributed by atoms with Gasteiger partial charge in [0, 0.05) is 31.4 Å². The molecule has 2 atom stereocenters. The molecule has 0 amide bonds. The zero-order chi connectivity index (χ0) is 15.2. The highest BCUT2D eigenvalue weighted by Gasteiger charge is 2.22. The van der Waals surface area contributed by atoms with E-state index >= 15 is 0 Å². The summed E-state index contributed by atoms with van der Waals surface area (Å²) < 4.78 is 2.16. The van der Waals surface area contributed by atoms with Gasteiger partial charge in [0.15, 0.2) is 0 Å². The Hall–Kier alpha value is -0.870. The normalized spacial score (nSPS) is 24.4. The fourth-order valence-electron chi connectivity index (χ4n) is 3.24. The Kier molecular flexibility index (Phi) is 6.24. The van der Waals surface area contributed by atoms with Crippen LogP contribution in [0.4, 0.5) is 0 Å². The average molecular weight is 292 g/mol. The average Bonchev–Trinajstić information content (AvgIpc) is 2.86. The first-order chi connectivity index (χ1) is 10.2. The monoisotopic (exact) mass is 292 g/mol. The lowest BCUT2D eigenvalue weighted by molar-refractivity contribution is 0.191. The standard InChI is InChI=1S/C17H32N4/c1-5-15-12-20(14(4)8-10-18-15)13-16-9-11-21(19-16)17(6-2)7-3/h9,11,14-15,17-18H,5-8,10,12-13H2,1-4H3. The second-order valence-electron chi connectivity index (χ2n) is 6.38. The molecule has 0 saturated carbocycles. The van der Waals surface area contributed by atoms with Gasteiger partial charge in [-0.05, 0) is 45.2 Å². The lowest BCUT2D eigenvalue weighted by Gasteiger charge is -2.28.